The first-order valence-electron chi connectivity index (χ1n) is 6.31. The summed E-state index contributed by atoms with van der Waals surface area (Å²) in [5, 5.41) is 11.6. The molecule has 3 rings (SSSR count). The summed E-state index contributed by atoms with van der Waals surface area (Å²) in [6.07, 6.45) is -3.80. The molecule has 0 atom stereocenters. The van der Waals surface area contributed by atoms with E-state index >= 15 is 0 Å². The van der Waals surface area contributed by atoms with Crippen molar-refractivity contribution in [1.29, 1.82) is 0 Å². The van der Waals surface area contributed by atoms with Crippen LogP contribution in [-0.2, 0) is 12.6 Å². The third-order valence-corrected chi connectivity index (χ3v) is 3.24. The fourth-order valence-electron chi connectivity index (χ4n) is 2.24. The number of halogens is 3. The van der Waals surface area contributed by atoms with E-state index in [4.69, 9.17) is 5.73 Å². The van der Waals surface area contributed by atoms with E-state index in [1.165, 1.54) is 10.7 Å². The Morgan fingerprint density at radius 3 is 2.76 bits per heavy atom. The number of hydrogen-bond acceptors (Lipinski definition) is 3. The van der Waals surface area contributed by atoms with Gasteiger partial charge in [-0.25, -0.2) is 4.68 Å². The van der Waals surface area contributed by atoms with Crippen molar-refractivity contribution < 1.29 is 13.2 Å². The van der Waals surface area contributed by atoms with E-state index in [1.54, 1.807) is 6.07 Å². The minimum atomic E-state index is -4.40. The highest BCUT2D eigenvalue weighted by molar-refractivity contribution is 5.89. The van der Waals surface area contributed by atoms with Crippen LogP contribution >= 0.6 is 0 Å². The lowest BCUT2D eigenvalue weighted by Crippen LogP contribution is -2.06. The van der Waals surface area contributed by atoms with Crippen molar-refractivity contribution in [3.8, 4) is 5.69 Å². The monoisotopic (exact) mass is 295 g/mol. The number of H-pyrrole nitrogens is 1. The lowest BCUT2D eigenvalue weighted by atomic mass is 10.2. The average Bonchev–Trinajstić information content (AvgIpc) is 2.99. The molecule has 2 aromatic heterocycles. The van der Waals surface area contributed by atoms with E-state index in [0.29, 0.717) is 34.7 Å². The minimum absolute atomic E-state index is 0.293. The van der Waals surface area contributed by atoms with Crippen molar-refractivity contribution in [2.75, 3.05) is 5.73 Å². The van der Waals surface area contributed by atoms with Crippen molar-refractivity contribution in [2.24, 2.45) is 0 Å². The van der Waals surface area contributed by atoms with Gasteiger partial charge in [0.2, 0.25) is 0 Å². The van der Waals surface area contributed by atoms with Crippen molar-refractivity contribution in [1.82, 2.24) is 20.0 Å². The molecule has 0 spiro atoms. The minimum Gasteiger partial charge on any atom is -0.383 e. The molecule has 0 saturated carbocycles. The van der Waals surface area contributed by atoms with Gasteiger partial charge < -0.3 is 5.73 Å². The summed E-state index contributed by atoms with van der Waals surface area (Å²) in [6, 6.07) is 4.94. The van der Waals surface area contributed by atoms with Crippen LogP contribution in [0.3, 0.4) is 0 Å². The van der Waals surface area contributed by atoms with Crippen LogP contribution < -0.4 is 5.73 Å². The molecule has 5 nitrogen and oxygen atoms in total. The second kappa shape index (κ2) is 4.51. The molecular weight excluding hydrogens is 283 g/mol. The average molecular weight is 295 g/mol. The van der Waals surface area contributed by atoms with Crippen molar-refractivity contribution >= 4 is 16.9 Å². The Labute approximate surface area is 117 Å². The quantitative estimate of drug-likeness (QED) is 0.763. The van der Waals surface area contributed by atoms with E-state index in [1.807, 2.05) is 6.92 Å². The Balaban J connectivity index is 2.21. The lowest BCUT2D eigenvalue weighted by molar-refractivity contribution is -0.137. The van der Waals surface area contributed by atoms with Crippen LogP contribution in [0.4, 0.5) is 19.0 Å². The van der Waals surface area contributed by atoms with Gasteiger partial charge in [0.25, 0.3) is 0 Å². The van der Waals surface area contributed by atoms with Crippen molar-refractivity contribution in [2.45, 2.75) is 19.5 Å². The number of benzene rings is 1. The van der Waals surface area contributed by atoms with Crippen LogP contribution in [0.25, 0.3) is 16.7 Å². The zero-order chi connectivity index (χ0) is 15.2. The lowest BCUT2D eigenvalue weighted by Gasteiger charge is -2.08. The van der Waals surface area contributed by atoms with Gasteiger partial charge >= 0.3 is 6.18 Å². The van der Waals surface area contributed by atoms with Crippen LogP contribution in [0.1, 0.15) is 18.2 Å². The highest BCUT2D eigenvalue weighted by atomic mass is 19.4. The zero-order valence-electron chi connectivity index (χ0n) is 11.1. The van der Waals surface area contributed by atoms with E-state index in [9.17, 15) is 13.2 Å². The standard InChI is InChI=1S/C13H12F3N5/c1-2-9-10-11(17)18-19-12(10)21(20-9)8-5-3-4-7(6-8)13(14,15)16/h3-6H,2H2,1H3,(H3,17,18,19). The number of nitrogens with two attached hydrogens (primary N) is 1. The fraction of sp³-hybridized carbons (Fsp3) is 0.231. The third kappa shape index (κ3) is 2.12. The number of anilines is 1. The molecule has 0 radical (unpaired) electrons. The van der Waals surface area contributed by atoms with Gasteiger partial charge in [-0.3, -0.25) is 5.10 Å². The van der Waals surface area contributed by atoms with Gasteiger partial charge in [0.05, 0.1) is 22.3 Å². The second-order valence-electron chi connectivity index (χ2n) is 4.60. The SMILES string of the molecule is CCc1nn(-c2cccc(C(F)(F)F)c2)c2n[nH]c(N)c12. The molecule has 0 aliphatic carbocycles. The molecule has 0 saturated heterocycles. The van der Waals surface area contributed by atoms with Gasteiger partial charge in [0.1, 0.15) is 5.82 Å². The largest absolute Gasteiger partial charge is 0.416 e. The Hall–Kier alpha value is -2.51. The van der Waals surface area contributed by atoms with Crippen molar-refractivity contribution in [3.63, 3.8) is 0 Å². The first kappa shape index (κ1) is 13.5. The maximum Gasteiger partial charge on any atom is 0.416 e. The molecule has 0 aliphatic heterocycles. The number of rotatable bonds is 2. The maximum atomic E-state index is 12.8. The number of nitrogen functional groups attached to an aromatic ring is 1. The Morgan fingerprint density at radius 2 is 2.10 bits per heavy atom. The molecule has 8 heteroatoms. The number of aromatic nitrogens is 4. The first-order valence-corrected chi connectivity index (χ1v) is 6.31. The molecule has 110 valence electrons. The molecule has 0 unspecified atom stereocenters. The fourth-order valence-corrected chi connectivity index (χ4v) is 2.24. The van der Waals surface area contributed by atoms with Gasteiger partial charge in [0.15, 0.2) is 5.65 Å². The van der Waals surface area contributed by atoms with Gasteiger partial charge in [-0.2, -0.15) is 23.4 Å². The summed E-state index contributed by atoms with van der Waals surface area (Å²) >= 11 is 0. The topological polar surface area (TPSA) is 72.5 Å². The molecule has 1 aromatic carbocycles. The Morgan fingerprint density at radius 1 is 1.33 bits per heavy atom. The molecule has 0 amide bonds. The summed E-state index contributed by atoms with van der Waals surface area (Å²) in [5.74, 6) is 0.361. The smallest absolute Gasteiger partial charge is 0.383 e. The summed E-state index contributed by atoms with van der Waals surface area (Å²) in [6.45, 7) is 1.89. The van der Waals surface area contributed by atoms with Gasteiger partial charge in [0, 0.05) is 0 Å². The molecule has 0 bridgehead atoms. The van der Waals surface area contributed by atoms with Crippen LogP contribution in [0.5, 0.6) is 0 Å². The normalized spacial score (nSPS) is 12.2. The predicted molar refractivity (Wildman–Crippen MR) is 72.0 cm³/mol. The Bertz CT molecular complexity index is 800. The number of nitrogens with zero attached hydrogens (tertiary/aromatic N) is 3. The molecule has 21 heavy (non-hydrogen) atoms. The summed E-state index contributed by atoms with van der Waals surface area (Å²) in [5.41, 5.74) is 6.46. The number of fused-ring (bicyclic) bond motifs is 1. The van der Waals surface area contributed by atoms with Crippen LogP contribution in [0, 0.1) is 0 Å². The summed E-state index contributed by atoms with van der Waals surface area (Å²) in [4.78, 5) is 0. The molecule has 3 N–H and O–H groups in total. The van der Waals surface area contributed by atoms with E-state index < -0.39 is 11.7 Å². The number of aromatic amines is 1. The summed E-state index contributed by atoms with van der Waals surface area (Å²) in [7, 11) is 0. The van der Waals surface area contributed by atoms with E-state index in [2.05, 4.69) is 15.3 Å². The van der Waals surface area contributed by atoms with Crippen LogP contribution in [0.15, 0.2) is 24.3 Å². The van der Waals surface area contributed by atoms with Crippen molar-refractivity contribution in [3.05, 3.63) is 35.5 Å². The molecule has 3 aromatic rings. The van der Waals surface area contributed by atoms with Crippen LogP contribution in [0.2, 0.25) is 0 Å². The van der Waals surface area contributed by atoms with E-state index in [0.717, 1.165) is 12.1 Å². The molecule has 0 fully saturated rings. The first-order chi connectivity index (χ1) is 9.91. The zero-order valence-corrected chi connectivity index (χ0v) is 11.1. The molecular formula is C13H12F3N5. The second-order valence-corrected chi connectivity index (χ2v) is 4.60. The molecule has 2 heterocycles. The number of nitrogens with one attached hydrogen (secondary N) is 1. The Kier molecular flexibility index (Phi) is 2.89. The maximum absolute atomic E-state index is 12.8. The number of alkyl halides is 3. The van der Waals surface area contributed by atoms with Gasteiger partial charge in [-0.05, 0) is 24.6 Å². The number of hydrogen-bond donors (Lipinski definition) is 2. The summed E-state index contributed by atoms with van der Waals surface area (Å²) < 4.78 is 39.8. The van der Waals surface area contributed by atoms with E-state index in [-0.39, 0.29) is 0 Å². The van der Waals surface area contributed by atoms with Gasteiger partial charge in [-0.15, -0.1) is 0 Å². The highest BCUT2D eigenvalue weighted by Gasteiger charge is 2.31. The molecule has 0 aliphatic rings. The highest BCUT2D eigenvalue weighted by Crippen LogP contribution is 2.31. The van der Waals surface area contributed by atoms with Crippen LogP contribution in [-0.4, -0.2) is 20.0 Å². The predicted octanol–water partition coefficient (Wildman–Crippen LogP) is 2.91. The number of aryl methyl sites for hydroxylation is 1. The third-order valence-electron chi connectivity index (χ3n) is 3.24. The van der Waals surface area contributed by atoms with Gasteiger partial charge in [-0.1, -0.05) is 13.0 Å².